The van der Waals surface area contributed by atoms with Crippen LogP contribution in [0.25, 0.3) is 0 Å². The van der Waals surface area contributed by atoms with Crippen molar-refractivity contribution in [3.05, 3.63) is 35.4 Å². The standard InChI is InChI=1S/C8H10.2H2/c1-7-4-3-5-8(2)6-7;;/h3-6H,1-2H3;2*1H. The SMILES string of the molecule is Cc1cccc(C)c1.[HH].[HH]. The minimum absolute atomic E-state index is 0. The summed E-state index contributed by atoms with van der Waals surface area (Å²) in [7, 11) is 0. The maximum atomic E-state index is 2.17. The summed E-state index contributed by atoms with van der Waals surface area (Å²) in [5.41, 5.74) is 2.68. The molecule has 1 aromatic carbocycles. The second-order valence-corrected chi connectivity index (χ2v) is 2.16. The molecule has 0 aromatic heterocycles. The zero-order valence-corrected chi connectivity index (χ0v) is 5.31. The average molecular weight is 110 g/mol. The Balaban J connectivity index is 0. The Labute approximate surface area is 53.1 Å². The van der Waals surface area contributed by atoms with Crippen molar-refractivity contribution >= 4 is 0 Å². The summed E-state index contributed by atoms with van der Waals surface area (Å²) in [4.78, 5) is 0. The van der Waals surface area contributed by atoms with Crippen molar-refractivity contribution in [3.8, 4) is 0 Å². The summed E-state index contributed by atoms with van der Waals surface area (Å²) in [6, 6.07) is 8.45. The molecule has 1 rings (SSSR count). The van der Waals surface area contributed by atoms with Crippen LogP contribution in [0.15, 0.2) is 24.3 Å². The summed E-state index contributed by atoms with van der Waals surface area (Å²) >= 11 is 0. The molecule has 0 heteroatoms. The molecule has 0 bridgehead atoms. The fourth-order valence-electron chi connectivity index (χ4n) is 0.807. The van der Waals surface area contributed by atoms with Crippen LogP contribution in [0.2, 0.25) is 0 Å². The van der Waals surface area contributed by atoms with Gasteiger partial charge in [-0.3, -0.25) is 0 Å². The van der Waals surface area contributed by atoms with Gasteiger partial charge in [-0.05, 0) is 13.8 Å². The summed E-state index contributed by atoms with van der Waals surface area (Å²) in [5.74, 6) is 0. The van der Waals surface area contributed by atoms with Crippen LogP contribution in [-0.2, 0) is 0 Å². The van der Waals surface area contributed by atoms with E-state index in [4.69, 9.17) is 0 Å². The van der Waals surface area contributed by atoms with E-state index in [-0.39, 0.29) is 2.85 Å². The smallest absolute Gasteiger partial charge is 0 e. The van der Waals surface area contributed by atoms with Crippen molar-refractivity contribution in [2.24, 2.45) is 0 Å². The first kappa shape index (κ1) is 5.36. The molecule has 0 spiro atoms. The Kier molecular flexibility index (Phi) is 1.34. The van der Waals surface area contributed by atoms with Gasteiger partial charge in [0.15, 0.2) is 0 Å². The lowest BCUT2D eigenvalue weighted by molar-refractivity contribution is 1.39. The predicted molar refractivity (Wildman–Crippen MR) is 40.1 cm³/mol. The molecule has 0 fully saturated rings. The number of hydrogen-bond acceptors (Lipinski definition) is 0. The lowest BCUT2D eigenvalue weighted by Gasteiger charge is -1.90. The molecule has 0 nitrogen and oxygen atoms in total. The Morgan fingerprint density at radius 2 is 1.62 bits per heavy atom. The number of rotatable bonds is 0. The molecular formula is C8H14. The van der Waals surface area contributed by atoms with Gasteiger partial charge in [0.05, 0.1) is 0 Å². The van der Waals surface area contributed by atoms with Crippen molar-refractivity contribution in [2.45, 2.75) is 13.8 Å². The van der Waals surface area contributed by atoms with E-state index in [2.05, 4.69) is 38.1 Å². The van der Waals surface area contributed by atoms with Crippen molar-refractivity contribution in [1.82, 2.24) is 0 Å². The average Bonchev–Trinajstić information content (AvgIpc) is 1.64. The molecule has 0 atom stereocenters. The van der Waals surface area contributed by atoms with Crippen LogP contribution < -0.4 is 0 Å². The lowest BCUT2D eigenvalue weighted by Crippen LogP contribution is -1.71. The van der Waals surface area contributed by atoms with Gasteiger partial charge in [-0.2, -0.15) is 0 Å². The molecule has 1 aromatic rings. The van der Waals surface area contributed by atoms with Crippen LogP contribution in [0.3, 0.4) is 0 Å². The molecule has 8 heavy (non-hydrogen) atoms. The zero-order chi connectivity index (χ0) is 5.98. The van der Waals surface area contributed by atoms with E-state index in [9.17, 15) is 0 Å². The molecule has 46 valence electrons. The van der Waals surface area contributed by atoms with Gasteiger partial charge in [-0.15, -0.1) is 0 Å². The van der Waals surface area contributed by atoms with Crippen LogP contribution in [0, 0.1) is 13.8 Å². The van der Waals surface area contributed by atoms with Crippen molar-refractivity contribution < 1.29 is 2.85 Å². The highest BCUT2D eigenvalue weighted by atomic mass is 13.9. The van der Waals surface area contributed by atoms with E-state index in [0.29, 0.717) is 0 Å². The van der Waals surface area contributed by atoms with Crippen LogP contribution >= 0.6 is 0 Å². The molecular weight excluding hydrogens is 96.1 g/mol. The second-order valence-electron chi connectivity index (χ2n) is 2.16. The normalized spacial score (nSPS) is 9.25. The fraction of sp³-hybridized carbons (Fsp3) is 0.250. The molecule has 0 aliphatic rings. The summed E-state index contributed by atoms with van der Waals surface area (Å²) in [6.07, 6.45) is 0. The predicted octanol–water partition coefficient (Wildman–Crippen LogP) is 2.80. The molecule has 0 radical (unpaired) electrons. The quantitative estimate of drug-likeness (QED) is 0.481. The van der Waals surface area contributed by atoms with Gasteiger partial charge in [0.1, 0.15) is 0 Å². The largest absolute Gasteiger partial charge is 0.0617 e. The van der Waals surface area contributed by atoms with Gasteiger partial charge in [-0.1, -0.05) is 35.4 Å². The second kappa shape index (κ2) is 1.99. The van der Waals surface area contributed by atoms with Crippen LogP contribution in [-0.4, -0.2) is 0 Å². The van der Waals surface area contributed by atoms with Crippen molar-refractivity contribution in [2.75, 3.05) is 0 Å². The third-order valence-electron chi connectivity index (χ3n) is 1.17. The van der Waals surface area contributed by atoms with E-state index < -0.39 is 0 Å². The molecule has 0 amide bonds. The highest BCUT2D eigenvalue weighted by Gasteiger charge is 1.80. The summed E-state index contributed by atoms with van der Waals surface area (Å²) < 4.78 is 0. The highest BCUT2D eigenvalue weighted by Crippen LogP contribution is 2.00. The molecule has 0 N–H and O–H groups in total. The Bertz CT molecular complexity index is 167. The molecule has 0 saturated heterocycles. The van der Waals surface area contributed by atoms with E-state index >= 15 is 0 Å². The first-order chi connectivity index (χ1) is 3.79. The number of benzene rings is 1. The van der Waals surface area contributed by atoms with Crippen LogP contribution in [0.4, 0.5) is 0 Å². The minimum Gasteiger partial charge on any atom is -0.0617 e. The van der Waals surface area contributed by atoms with Gasteiger partial charge in [0.25, 0.3) is 0 Å². The van der Waals surface area contributed by atoms with Crippen LogP contribution in [0.5, 0.6) is 0 Å². The van der Waals surface area contributed by atoms with Crippen molar-refractivity contribution in [3.63, 3.8) is 0 Å². The van der Waals surface area contributed by atoms with Gasteiger partial charge in [0.2, 0.25) is 0 Å². The van der Waals surface area contributed by atoms with E-state index in [1.807, 2.05) is 0 Å². The number of hydrogen-bond donors (Lipinski definition) is 0. The third-order valence-corrected chi connectivity index (χ3v) is 1.17. The Hall–Kier alpha value is -0.780. The first-order valence-corrected chi connectivity index (χ1v) is 2.82. The van der Waals surface area contributed by atoms with E-state index in [0.717, 1.165) is 0 Å². The summed E-state index contributed by atoms with van der Waals surface area (Å²) in [5, 5.41) is 0. The minimum atomic E-state index is 0. The van der Waals surface area contributed by atoms with E-state index in [1.54, 1.807) is 0 Å². The third kappa shape index (κ3) is 1.09. The molecule has 0 heterocycles. The number of aryl methyl sites for hydroxylation is 2. The monoisotopic (exact) mass is 110 g/mol. The van der Waals surface area contributed by atoms with E-state index in [1.165, 1.54) is 11.1 Å². The molecule has 0 unspecified atom stereocenters. The molecule has 0 aliphatic heterocycles. The highest BCUT2D eigenvalue weighted by molar-refractivity contribution is 5.20. The zero-order valence-electron chi connectivity index (χ0n) is 5.31. The first-order valence-electron chi connectivity index (χ1n) is 2.82. The summed E-state index contributed by atoms with van der Waals surface area (Å²) in [6.45, 7) is 4.21. The Morgan fingerprint density at radius 3 is 1.88 bits per heavy atom. The maximum Gasteiger partial charge on any atom is 0 e. The molecule has 0 saturated carbocycles. The van der Waals surface area contributed by atoms with Gasteiger partial charge in [0, 0.05) is 2.85 Å². The maximum absolute atomic E-state index is 2.17. The fourth-order valence-corrected chi connectivity index (χ4v) is 0.807. The van der Waals surface area contributed by atoms with Gasteiger partial charge in [-0.25, -0.2) is 0 Å². The van der Waals surface area contributed by atoms with Gasteiger partial charge >= 0.3 is 0 Å². The molecule has 0 aliphatic carbocycles. The lowest BCUT2D eigenvalue weighted by atomic mass is 10.2. The van der Waals surface area contributed by atoms with Gasteiger partial charge < -0.3 is 0 Å². The van der Waals surface area contributed by atoms with Crippen molar-refractivity contribution in [1.29, 1.82) is 0 Å². The Morgan fingerprint density at radius 1 is 1.12 bits per heavy atom. The topological polar surface area (TPSA) is 0 Å². The van der Waals surface area contributed by atoms with Crippen LogP contribution in [0.1, 0.15) is 14.0 Å².